The van der Waals surface area contributed by atoms with Crippen molar-refractivity contribution in [1.82, 2.24) is 14.0 Å². The number of anilines is 1. The molecule has 1 aliphatic carbocycles. The fraction of sp³-hybridized carbons (Fsp3) is 0.650. The van der Waals surface area contributed by atoms with Crippen LogP contribution in [0.1, 0.15) is 32.1 Å². The molecular formula is C20H27F3N4O2S2. The molecule has 1 aliphatic heterocycles. The van der Waals surface area contributed by atoms with Crippen molar-refractivity contribution >= 4 is 37.5 Å². The van der Waals surface area contributed by atoms with Gasteiger partial charge in [-0.15, -0.1) is 0 Å². The van der Waals surface area contributed by atoms with Crippen LogP contribution in [-0.2, 0) is 10.0 Å². The van der Waals surface area contributed by atoms with Crippen molar-refractivity contribution in [3.63, 3.8) is 0 Å². The van der Waals surface area contributed by atoms with Gasteiger partial charge in [-0.1, -0.05) is 12.1 Å². The van der Waals surface area contributed by atoms with Gasteiger partial charge in [-0.05, 0) is 68.2 Å². The Morgan fingerprint density at radius 3 is 2.42 bits per heavy atom. The first-order chi connectivity index (χ1) is 14.7. The van der Waals surface area contributed by atoms with E-state index in [9.17, 15) is 21.6 Å². The molecule has 0 bridgehead atoms. The molecule has 0 atom stereocenters. The smallest absolute Gasteiger partial charge is 0.353 e. The van der Waals surface area contributed by atoms with Crippen LogP contribution in [0.4, 0.5) is 19.0 Å². The number of rotatable bonds is 6. The van der Waals surface area contributed by atoms with Crippen LogP contribution in [-0.4, -0.2) is 62.0 Å². The lowest BCUT2D eigenvalue weighted by Crippen LogP contribution is -2.47. The van der Waals surface area contributed by atoms with Crippen molar-refractivity contribution in [3.05, 3.63) is 24.3 Å². The van der Waals surface area contributed by atoms with Crippen molar-refractivity contribution < 1.29 is 21.6 Å². The normalized spacial score (nSPS) is 24.0. The Labute approximate surface area is 184 Å². The van der Waals surface area contributed by atoms with E-state index in [1.165, 1.54) is 21.6 Å². The zero-order chi connectivity index (χ0) is 22.1. The SMILES string of the molecule is O=S(=O)(NC1CCC(CCN2CCN(c3nsc4ccccc34)CC2)CC1)C(F)(F)F. The van der Waals surface area contributed by atoms with Crippen LogP contribution in [0.5, 0.6) is 0 Å². The van der Waals surface area contributed by atoms with E-state index < -0.39 is 21.6 Å². The van der Waals surface area contributed by atoms with Gasteiger partial charge < -0.3 is 4.90 Å². The quantitative estimate of drug-likeness (QED) is 0.687. The second-order valence-corrected chi connectivity index (χ2v) is 10.9. The zero-order valence-corrected chi connectivity index (χ0v) is 18.8. The zero-order valence-electron chi connectivity index (χ0n) is 17.1. The van der Waals surface area contributed by atoms with Gasteiger partial charge in [0.25, 0.3) is 0 Å². The molecule has 11 heteroatoms. The summed E-state index contributed by atoms with van der Waals surface area (Å²) in [6.45, 7) is 4.76. The van der Waals surface area contributed by atoms with Crippen LogP contribution in [0.25, 0.3) is 10.1 Å². The summed E-state index contributed by atoms with van der Waals surface area (Å²) in [5, 5.41) is 1.21. The molecule has 0 unspecified atom stereocenters. The van der Waals surface area contributed by atoms with E-state index in [1.54, 1.807) is 0 Å². The summed E-state index contributed by atoms with van der Waals surface area (Å²) in [5.41, 5.74) is -5.24. The first-order valence-corrected chi connectivity index (χ1v) is 12.9. The maximum Gasteiger partial charge on any atom is 0.511 e. The van der Waals surface area contributed by atoms with Gasteiger partial charge in [0.2, 0.25) is 0 Å². The molecule has 1 N–H and O–H groups in total. The minimum atomic E-state index is -5.25. The minimum absolute atomic E-state index is 0.437. The highest BCUT2D eigenvalue weighted by atomic mass is 32.2. The van der Waals surface area contributed by atoms with Gasteiger partial charge in [0.05, 0.1) is 4.70 Å². The minimum Gasteiger partial charge on any atom is -0.353 e. The van der Waals surface area contributed by atoms with Crippen molar-refractivity contribution in [1.29, 1.82) is 0 Å². The second-order valence-electron chi connectivity index (χ2n) is 8.40. The molecular weight excluding hydrogens is 449 g/mol. The largest absolute Gasteiger partial charge is 0.511 e. The summed E-state index contributed by atoms with van der Waals surface area (Å²) < 4.78 is 67.8. The second kappa shape index (κ2) is 9.21. The molecule has 0 spiro atoms. The number of alkyl halides is 3. The number of nitrogens with one attached hydrogen (secondary N) is 1. The Kier molecular flexibility index (Phi) is 6.76. The molecule has 1 saturated carbocycles. The number of benzene rings is 1. The lowest BCUT2D eigenvalue weighted by Gasteiger charge is -2.36. The first kappa shape index (κ1) is 22.8. The maximum absolute atomic E-state index is 12.5. The highest BCUT2D eigenvalue weighted by Gasteiger charge is 2.47. The van der Waals surface area contributed by atoms with Crippen LogP contribution in [0, 0.1) is 5.92 Å². The molecule has 0 amide bonds. The van der Waals surface area contributed by atoms with Gasteiger partial charge in [-0.25, -0.2) is 13.1 Å². The number of hydrogen-bond donors (Lipinski definition) is 1. The van der Waals surface area contributed by atoms with Gasteiger partial charge in [-0.3, -0.25) is 4.90 Å². The Morgan fingerprint density at radius 2 is 1.74 bits per heavy atom. The average molecular weight is 477 g/mol. The van der Waals surface area contributed by atoms with E-state index in [0.29, 0.717) is 18.8 Å². The van der Waals surface area contributed by atoms with Crippen molar-refractivity contribution in [2.45, 2.75) is 43.7 Å². The number of halogens is 3. The number of hydrogen-bond acceptors (Lipinski definition) is 6. The Balaban J connectivity index is 1.19. The fourth-order valence-electron chi connectivity index (χ4n) is 4.50. The summed E-state index contributed by atoms with van der Waals surface area (Å²) >= 11 is 1.53. The van der Waals surface area contributed by atoms with Crippen LogP contribution >= 0.6 is 11.5 Å². The number of fused-ring (bicyclic) bond motifs is 1. The van der Waals surface area contributed by atoms with Crippen LogP contribution in [0.3, 0.4) is 0 Å². The average Bonchev–Trinajstić information content (AvgIpc) is 3.17. The van der Waals surface area contributed by atoms with Crippen LogP contribution in [0.2, 0.25) is 0 Å². The lowest BCUT2D eigenvalue weighted by atomic mass is 9.84. The Morgan fingerprint density at radius 1 is 1.06 bits per heavy atom. The van der Waals surface area contributed by atoms with Crippen molar-refractivity contribution in [3.8, 4) is 0 Å². The number of aromatic nitrogens is 1. The molecule has 6 nitrogen and oxygen atoms in total. The summed E-state index contributed by atoms with van der Waals surface area (Å²) in [6, 6.07) is 7.67. The summed E-state index contributed by atoms with van der Waals surface area (Å²) in [7, 11) is -5.25. The molecule has 172 valence electrons. The molecule has 2 aromatic rings. The molecule has 2 aliphatic rings. The predicted molar refractivity (Wildman–Crippen MR) is 117 cm³/mol. The standard InChI is InChI=1S/C20H27F3N4O2S2/c21-20(22,23)31(28,29)25-16-7-5-15(6-8-16)9-10-26-11-13-27(14-12-26)19-17-3-1-2-4-18(17)30-24-19/h1-4,15-16,25H,5-14H2. The van der Waals surface area contributed by atoms with Gasteiger partial charge in [0, 0.05) is 37.6 Å². The third kappa shape index (κ3) is 5.32. The molecule has 4 rings (SSSR count). The maximum atomic E-state index is 12.5. The van der Waals surface area contributed by atoms with E-state index in [1.807, 2.05) is 16.9 Å². The predicted octanol–water partition coefficient (Wildman–Crippen LogP) is 3.81. The van der Waals surface area contributed by atoms with Gasteiger partial charge in [-0.2, -0.15) is 17.5 Å². The third-order valence-electron chi connectivity index (χ3n) is 6.36. The van der Waals surface area contributed by atoms with E-state index in [0.717, 1.165) is 57.8 Å². The molecule has 1 aromatic heterocycles. The number of piperazine rings is 1. The highest BCUT2D eigenvalue weighted by molar-refractivity contribution is 7.90. The van der Waals surface area contributed by atoms with Gasteiger partial charge in [0.15, 0.2) is 0 Å². The van der Waals surface area contributed by atoms with E-state index in [-0.39, 0.29) is 0 Å². The molecule has 31 heavy (non-hydrogen) atoms. The number of nitrogens with zero attached hydrogens (tertiary/aromatic N) is 3. The van der Waals surface area contributed by atoms with Crippen molar-refractivity contribution in [2.75, 3.05) is 37.6 Å². The molecule has 2 fully saturated rings. The monoisotopic (exact) mass is 476 g/mol. The van der Waals surface area contributed by atoms with Crippen LogP contribution < -0.4 is 9.62 Å². The highest BCUT2D eigenvalue weighted by Crippen LogP contribution is 2.31. The summed E-state index contributed by atoms with van der Waals surface area (Å²) in [4.78, 5) is 4.77. The van der Waals surface area contributed by atoms with Crippen molar-refractivity contribution in [2.24, 2.45) is 5.92 Å². The lowest BCUT2D eigenvalue weighted by molar-refractivity contribution is -0.0452. The third-order valence-corrected chi connectivity index (χ3v) is 8.43. The topological polar surface area (TPSA) is 65.5 Å². The molecule has 2 heterocycles. The molecule has 0 radical (unpaired) electrons. The summed E-state index contributed by atoms with van der Waals surface area (Å²) in [5.74, 6) is 1.51. The van der Waals surface area contributed by atoms with E-state index in [4.69, 9.17) is 0 Å². The van der Waals surface area contributed by atoms with Crippen LogP contribution in [0.15, 0.2) is 24.3 Å². The van der Waals surface area contributed by atoms with E-state index >= 15 is 0 Å². The fourth-order valence-corrected chi connectivity index (χ4v) is 6.11. The Hall–Kier alpha value is -1.43. The summed E-state index contributed by atoms with van der Waals surface area (Å²) in [6.07, 6.45) is 3.44. The first-order valence-electron chi connectivity index (χ1n) is 10.6. The van der Waals surface area contributed by atoms with Gasteiger partial charge in [0.1, 0.15) is 5.82 Å². The number of sulfonamides is 1. The molecule has 1 aromatic carbocycles. The van der Waals surface area contributed by atoms with Gasteiger partial charge >= 0.3 is 15.5 Å². The Bertz CT molecular complexity index is 980. The van der Waals surface area contributed by atoms with E-state index in [2.05, 4.69) is 26.3 Å². The molecule has 1 saturated heterocycles.